The molecule has 7 nitrogen and oxygen atoms in total. The van der Waals surface area contributed by atoms with Crippen molar-refractivity contribution in [3.8, 4) is 0 Å². The molecule has 3 aliphatic rings. The van der Waals surface area contributed by atoms with Crippen LogP contribution in [0.25, 0.3) is 0 Å². The van der Waals surface area contributed by atoms with Crippen LogP contribution in [0.3, 0.4) is 0 Å². The highest BCUT2D eigenvalue weighted by Gasteiger charge is 2.42. The summed E-state index contributed by atoms with van der Waals surface area (Å²) < 4.78 is 23.1. The van der Waals surface area contributed by atoms with Gasteiger partial charge in [-0.1, -0.05) is 19.8 Å². The minimum Gasteiger partial charge on any atom is -0.469 e. The fourth-order valence-corrected chi connectivity index (χ4v) is 4.46. The van der Waals surface area contributed by atoms with Crippen molar-refractivity contribution >= 4 is 29.9 Å². The minimum absolute atomic E-state index is 0. The number of ether oxygens (including phenoxy) is 3. The summed E-state index contributed by atoms with van der Waals surface area (Å²) in [4.78, 5) is 4.86. The van der Waals surface area contributed by atoms with Crippen molar-refractivity contribution in [1.82, 2.24) is 10.6 Å². The third-order valence-electron chi connectivity index (χ3n) is 6.30. The van der Waals surface area contributed by atoms with Crippen LogP contribution in [0.4, 0.5) is 0 Å². The SMILES string of the molecule is CC1CCCCC1NC(=NCC1COC2(CCOCC2)O1)NCCc1ccco1.I. The molecule has 3 unspecified atom stereocenters. The summed E-state index contributed by atoms with van der Waals surface area (Å²) in [7, 11) is 0. The van der Waals surface area contributed by atoms with Crippen LogP contribution in [-0.4, -0.2) is 56.8 Å². The molecule has 2 N–H and O–H groups in total. The molecule has 0 bridgehead atoms. The summed E-state index contributed by atoms with van der Waals surface area (Å²) in [5.74, 6) is 2.07. The molecule has 2 aliphatic heterocycles. The number of aliphatic imine (C=N–C) groups is 1. The Labute approximate surface area is 196 Å². The molecule has 0 radical (unpaired) electrons. The zero-order valence-corrected chi connectivity index (χ0v) is 20.3. The predicted octanol–water partition coefficient (Wildman–Crippen LogP) is 3.48. The Morgan fingerprint density at radius 1 is 1.23 bits per heavy atom. The second-order valence-electron chi connectivity index (χ2n) is 8.53. The second kappa shape index (κ2) is 11.7. The predicted molar refractivity (Wildman–Crippen MR) is 126 cm³/mol. The number of rotatable bonds is 6. The lowest BCUT2D eigenvalue weighted by atomic mass is 9.86. The summed E-state index contributed by atoms with van der Waals surface area (Å²) in [6.45, 7) is 5.72. The first-order valence-electron chi connectivity index (χ1n) is 11.2. The first-order chi connectivity index (χ1) is 14.2. The maximum absolute atomic E-state index is 6.23. The van der Waals surface area contributed by atoms with Crippen LogP contribution in [0, 0.1) is 5.92 Å². The summed E-state index contributed by atoms with van der Waals surface area (Å²) in [6, 6.07) is 4.41. The van der Waals surface area contributed by atoms with E-state index >= 15 is 0 Å². The molecule has 1 saturated carbocycles. The molecule has 30 heavy (non-hydrogen) atoms. The molecule has 2 saturated heterocycles. The Kier molecular flexibility index (Phi) is 9.28. The normalized spacial score (nSPS) is 28.8. The first-order valence-corrected chi connectivity index (χ1v) is 11.2. The van der Waals surface area contributed by atoms with E-state index in [-0.39, 0.29) is 30.1 Å². The summed E-state index contributed by atoms with van der Waals surface area (Å²) in [5, 5.41) is 7.16. The minimum atomic E-state index is -0.448. The fourth-order valence-electron chi connectivity index (χ4n) is 4.46. The van der Waals surface area contributed by atoms with Crippen molar-refractivity contribution in [2.24, 2.45) is 10.9 Å². The number of nitrogens with zero attached hydrogens (tertiary/aromatic N) is 1. The number of halogens is 1. The molecule has 3 heterocycles. The molecule has 0 aromatic carbocycles. The Morgan fingerprint density at radius 2 is 2.07 bits per heavy atom. The zero-order valence-electron chi connectivity index (χ0n) is 17.9. The average Bonchev–Trinajstić information content (AvgIpc) is 3.39. The average molecular weight is 533 g/mol. The van der Waals surface area contributed by atoms with E-state index in [1.165, 1.54) is 25.7 Å². The molecule has 1 spiro atoms. The molecule has 3 fully saturated rings. The lowest BCUT2D eigenvalue weighted by molar-refractivity contribution is -0.210. The van der Waals surface area contributed by atoms with Gasteiger partial charge in [-0.25, -0.2) is 0 Å². The number of hydrogen-bond donors (Lipinski definition) is 2. The van der Waals surface area contributed by atoms with Crippen LogP contribution in [0.2, 0.25) is 0 Å². The molecular weight excluding hydrogens is 497 g/mol. The standard InChI is InChI=1S/C22H35N3O4.HI/c1-17-5-2-3-7-20(17)25-21(23-11-8-18-6-4-12-27-18)24-15-19-16-28-22(29-19)9-13-26-14-10-22;/h4,6,12,17,19-20H,2-3,5,7-11,13-16H2,1H3,(H2,23,24,25);1H. The maximum atomic E-state index is 6.23. The largest absolute Gasteiger partial charge is 0.469 e. The van der Waals surface area contributed by atoms with Crippen LogP contribution < -0.4 is 10.6 Å². The Hall–Kier alpha value is -0.840. The fraction of sp³-hybridized carbons (Fsp3) is 0.773. The van der Waals surface area contributed by atoms with Gasteiger partial charge in [-0.2, -0.15) is 0 Å². The van der Waals surface area contributed by atoms with Crippen molar-refractivity contribution in [2.45, 2.75) is 69.8 Å². The lowest BCUT2D eigenvalue weighted by Gasteiger charge is -2.32. The van der Waals surface area contributed by atoms with E-state index in [0.29, 0.717) is 38.3 Å². The second-order valence-corrected chi connectivity index (χ2v) is 8.53. The number of nitrogens with one attached hydrogen (secondary N) is 2. The highest BCUT2D eigenvalue weighted by molar-refractivity contribution is 14.0. The van der Waals surface area contributed by atoms with Crippen molar-refractivity contribution in [2.75, 3.05) is 32.9 Å². The van der Waals surface area contributed by atoms with Gasteiger partial charge in [0, 0.05) is 31.8 Å². The number of guanidine groups is 1. The third-order valence-corrected chi connectivity index (χ3v) is 6.30. The number of furan rings is 1. The quantitative estimate of drug-likeness (QED) is 0.332. The van der Waals surface area contributed by atoms with E-state index in [0.717, 1.165) is 37.5 Å². The van der Waals surface area contributed by atoms with Gasteiger partial charge in [-0.3, -0.25) is 4.99 Å². The summed E-state index contributed by atoms with van der Waals surface area (Å²) in [5.41, 5.74) is 0. The Balaban J connectivity index is 0.00000256. The monoisotopic (exact) mass is 533 g/mol. The van der Waals surface area contributed by atoms with E-state index in [1.54, 1.807) is 6.26 Å². The molecular formula is C22H36IN3O4. The van der Waals surface area contributed by atoms with E-state index in [1.807, 2.05) is 12.1 Å². The third kappa shape index (κ3) is 6.58. The van der Waals surface area contributed by atoms with E-state index in [2.05, 4.69) is 17.6 Å². The van der Waals surface area contributed by atoms with Gasteiger partial charge in [0.1, 0.15) is 11.9 Å². The van der Waals surface area contributed by atoms with Gasteiger partial charge in [0.05, 0.1) is 32.6 Å². The smallest absolute Gasteiger partial charge is 0.191 e. The van der Waals surface area contributed by atoms with E-state index < -0.39 is 5.79 Å². The molecule has 1 aromatic rings. The van der Waals surface area contributed by atoms with Gasteiger partial charge in [-0.15, -0.1) is 24.0 Å². The van der Waals surface area contributed by atoms with E-state index in [9.17, 15) is 0 Å². The number of hydrogen-bond acceptors (Lipinski definition) is 5. The van der Waals surface area contributed by atoms with Crippen molar-refractivity contribution in [3.63, 3.8) is 0 Å². The highest BCUT2D eigenvalue weighted by atomic mass is 127. The molecule has 1 aliphatic carbocycles. The molecule has 3 atom stereocenters. The topological polar surface area (TPSA) is 77.3 Å². The van der Waals surface area contributed by atoms with Crippen LogP contribution >= 0.6 is 24.0 Å². The summed E-state index contributed by atoms with van der Waals surface area (Å²) in [6.07, 6.45) is 9.26. The summed E-state index contributed by atoms with van der Waals surface area (Å²) >= 11 is 0. The van der Waals surface area contributed by atoms with Crippen molar-refractivity contribution in [3.05, 3.63) is 24.2 Å². The van der Waals surface area contributed by atoms with Crippen LogP contribution in [0.5, 0.6) is 0 Å². The maximum Gasteiger partial charge on any atom is 0.191 e. The molecule has 1 aromatic heterocycles. The zero-order chi connectivity index (χ0) is 19.9. The first kappa shape index (κ1) is 23.8. The van der Waals surface area contributed by atoms with Crippen LogP contribution in [0.15, 0.2) is 27.8 Å². The van der Waals surface area contributed by atoms with Crippen molar-refractivity contribution in [1.29, 1.82) is 0 Å². The Morgan fingerprint density at radius 3 is 2.83 bits per heavy atom. The molecule has 8 heteroatoms. The van der Waals surface area contributed by atoms with E-state index in [4.69, 9.17) is 23.6 Å². The van der Waals surface area contributed by atoms with Gasteiger partial charge in [0.2, 0.25) is 0 Å². The van der Waals surface area contributed by atoms with Gasteiger partial charge >= 0.3 is 0 Å². The van der Waals surface area contributed by atoms with Gasteiger partial charge in [0.15, 0.2) is 11.7 Å². The molecule has 4 rings (SSSR count). The van der Waals surface area contributed by atoms with Gasteiger partial charge in [-0.05, 0) is 30.9 Å². The van der Waals surface area contributed by atoms with Crippen LogP contribution in [0.1, 0.15) is 51.2 Å². The lowest BCUT2D eigenvalue weighted by Crippen LogP contribution is -2.48. The van der Waals surface area contributed by atoms with Crippen molar-refractivity contribution < 1.29 is 18.6 Å². The highest BCUT2D eigenvalue weighted by Crippen LogP contribution is 2.33. The molecule has 170 valence electrons. The molecule has 0 amide bonds. The Bertz CT molecular complexity index is 649. The van der Waals surface area contributed by atoms with Gasteiger partial charge in [0.25, 0.3) is 0 Å². The van der Waals surface area contributed by atoms with Gasteiger partial charge < -0.3 is 29.3 Å². The van der Waals surface area contributed by atoms with Crippen LogP contribution in [-0.2, 0) is 20.6 Å².